The first-order valence-corrected chi connectivity index (χ1v) is 9.61. The Morgan fingerprint density at radius 2 is 2.14 bits per heavy atom. The van der Waals surface area contributed by atoms with Crippen molar-refractivity contribution in [2.75, 3.05) is 6.26 Å². The Hall–Kier alpha value is -0.990. The highest BCUT2D eigenvalue weighted by Crippen LogP contribution is 2.29. The summed E-state index contributed by atoms with van der Waals surface area (Å²) in [5.74, 6) is -1.33. The van der Waals surface area contributed by atoms with Crippen LogP contribution >= 0.6 is 27.3 Å². The van der Waals surface area contributed by atoms with Crippen LogP contribution in [0.5, 0.6) is 0 Å². The number of sulfone groups is 1. The summed E-state index contributed by atoms with van der Waals surface area (Å²) in [6, 6.07) is 5.68. The Balaban J connectivity index is 2.26. The van der Waals surface area contributed by atoms with Gasteiger partial charge in [-0.1, -0.05) is 15.9 Å². The Labute approximate surface area is 135 Å². The lowest BCUT2D eigenvalue weighted by Gasteiger charge is -2.21. The van der Waals surface area contributed by atoms with E-state index < -0.39 is 20.6 Å². The summed E-state index contributed by atoms with van der Waals surface area (Å²) in [5.41, 5.74) is 0.828. The zero-order chi connectivity index (χ0) is 15.8. The predicted molar refractivity (Wildman–Crippen MR) is 86.5 cm³/mol. The number of thiazole rings is 1. The maximum absolute atomic E-state index is 11.7. The molecule has 5 nitrogen and oxygen atoms in total. The summed E-state index contributed by atoms with van der Waals surface area (Å²) in [6.45, 7) is 1.24. The third-order valence-corrected chi connectivity index (χ3v) is 7.07. The van der Waals surface area contributed by atoms with E-state index in [0.29, 0.717) is 6.42 Å². The normalized spacial score (nSPS) is 15.0. The number of nitrogens with zero attached hydrogens (tertiary/aromatic N) is 1. The summed E-state index contributed by atoms with van der Waals surface area (Å²) in [4.78, 5) is 15.7. The van der Waals surface area contributed by atoms with Gasteiger partial charge in [-0.2, -0.15) is 0 Å². The number of hydrogen-bond donors (Lipinski definition) is 1. The fraction of sp³-hybridized carbons (Fsp3) is 0.385. The zero-order valence-electron chi connectivity index (χ0n) is 11.5. The van der Waals surface area contributed by atoms with E-state index in [-0.39, 0.29) is 6.42 Å². The zero-order valence-corrected chi connectivity index (χ0v) is 14.7. The molecule has 21 heavy (non-hydrogen) atoms. The van der Waals surface area contributed by atoms with Crippen molar-refractivity contribution >= 4 is 53.3 Å². The number of carboxylic acid groups (broad SMARTS) is 1. The van der Waals surface area contributed by atoms with Gasteiger partial charge in [-0.05, 0) is 31.5 Å². The molecule has 1 N–H and O–H groups in total. The molecule has 2 aromatic rings. The van der Waals surface area contributed by atoms with Crippen molar-refractivity contribution in [3.63, 3.8) is 0 Å². The summed E-state index contributed by atoms with van der Waals surface area (Å²) in [6.07, 6.45) is 1.27. The molecule has 0 radical (unpaired) electrons. The fourth-order valence-corrected chi connectivity index (χ4v) is 4.16. The molecule has 1 aromatic carbocycles. The van der Waals surface area contributed by atoms with Gasteiger partial charge in [0.25, 0.3) is 0 Å². The number of carbonyl (C=O) groups is 1. The van der Waals surface area contributed by atoms with Crippen molar-refractivity contribution in [1.29, 1.82) is 0 Å². The van der Waals surface area contributed by atoms with E-state index in [1.165, 1.54) is 18.3 Å². The van der Waals surface area contributed by atoms with E-state index in [1.54, 1.807) is 0 Å². The van der Waals surface area contributed by atoms with Gasteiger partial charge >= 0.3 is 5.97 Å². The molecule has 114 valence electrons. The molecule has 0 bridgehead atoms. The van der Waals surface area contributed by atoms with Crippen molar-refractivity contribution in [2.24, 2.45) is 0 Å². The van der Waals surface area contributed by atoms with Crippen LogP contribution in [0.2, 0.25) is 0 Å². The van der Waals surface area contributed by atoms with Gasteiger partial charge in [0.2, 0.25) is 0 Å². The molecule has 1 atom stereocenters. The number of benzene rings is 1. The van der Waals surface area contributed by atoms with Crippen molar-refractivity contribution in [3.05, 3.63) is 27.7 Å². The van der Waals surface area contributed by atoms with Gasteiger partial charge in [0.1, 0.15) is 0 Å². The number of aryl methyl sites for hydroxylation is 1. The SMILES string of the molecule is CC(CCc1nc2ccc(Br)cc2s1)(C(=O)O)S(C)(=O)=O. The first kappa shape index (κ1) is 16.4. The lowest BCUT2D eigenvalue weighted by molar-refractivity contribution is -0.139. The average molecular weight is 392 g/mol. The van der Waals surface area contributed by atoms with Gasteiger partial charge in [0.05, 0.1) is 15.2 Å². The molecule has 1 unspecified atom stereocenters. The summed E-state index contributed by atoms with van der Waals surface area (Å²) >= 11 is 4.83. The van der Waals surface area contributed by atoms with Crippen molar-refractivity contribution < 1.29 is 18.3 Å². The summed E-state index contributed by atoms with van der Waals surface area (Å²) in [5, 5.41) is 9.96. The van der Waals surface area contributed by atoms with Gasteiger partial charge in [0.15, 0.2) is 14.6 Å². The van der Waals surface area contributed by atoms with Gasteiger partial charge in [-0.25, -0.2) is 13.4 Å². The number of rotatable bonds is 5. The molecule has 0 aliphatic heterocycles. The van der Waals surface area contributed by atoms with E-state index in [4.69, 9.17) is 0 Å². The van der Waals surface area contributed by atoms with E-state index in [9.17, 15) is 18.3 Å². The number of halogens is 1. The lowest BCUT2D eigenvalue weighted by atomic mass is 10.1. The largest absolute Gasteiger partial charge is 0.480 e. The van der Waals surface area contributed by atoms with Gasteiger partial charge in [-0.3, -0.25) is 4.79 Å². The summed E-state index contributed by atoms with van der Waals surface area (Å²) in [7, 11) is -3.70. The minimum absolute atomic E-state index is 0.00214. The lowest BCUT2D eigenvalue weighted by Crippen LogP contribution is -2.43. The molecular formula is C13H14BrNO4S2. The number of fused-ring (bicyclic) bond motifs is 1. The third-order valence-electron chi connectivity index (χ3n) is 3.48. The summed E-state index contributed by atoms with van der Waals surface area (Å²) < 4.78 is 23.6. The quantitative estimate of drug-likeness (QED) is 0.846. The van der Waals surface area contributed by atoms with Crippen molar-refractivity contribution in [2.45, 2.75) is 24.5 Å². The molecule has 0 fully saturated rings. The molecule has 0 saturated carbocycles. The van der Waals surface area contributed by atoms with Crippen LogP contribution in [0.4, 0.5) is 0 Å². The van der Waals surface area contributed by atoms with Crippen LogP contribution in [-0.4, -0.2) is 35.5 Å². The highest BCUT2D eigenvalue weighted by atomic mass is 79.9. The molecular weight excluding hydrogens is 378 g/mol. The minimum atomic E-state index is -3.70. The number of aromatic nitrogens is 1. The van der Waals surface area contributed by atoms with E-state index >= 15 is 0 Å². The first-order valence-electron chi connectivity index (χ1n) is 6.11. The van der Waals surface area contributed by atoms with Gasteiger partial charge in [0, 0.05) is 17.1 Å². The van der Waals surface area contributed by atoms with Crippen LogP contribution in [0.15, 0.2) is 22.7 Å². The van der Waals surface area contributed by atoms with Crippen LogP contribution in [0.25, 0.3) is 10.2 Å². The minimum Gasteiger partial charge on any atom is -0.480 e. The van der Waals surface area contributed by atoms with Crippen LogP contribution in [0.1, 0.15) is 18.4 Å². The second-order valence-corrected chi connectivity index (χ2v) is 9.50. The maximum atomic E-state index is 11.7. The monoisotopic (exact) mass is 391 g/mol. The topological polar surface area (TPSA) is 84.3 Å². The van der Waals surface area contributed by atoms with E-state index in [0.717, 1.165) is 26.0 Å². The number of aliphatic carboxylic acids is 1. The highest BCUT2D eigenvalue weighted by molar-refractivity contribution is 9.10. The third kappa shape index (κ3) is 3.27. The van der Waals surface area contributed by atoms with Crippen molar-refractivity contribution in [1.82, 2.24) is 4.98 Å². The molecule has 0 amide bonds. The standard InChI is InChI=1S/C13H14BrNO4S2/c1-13(12(16)17,21(2,18)19)6-5-11-15-9-4-3-8(14)7-10(9)20-11/h3-4,7H,5-6H2,1-2H3,(H,16,17). The second kappa shape index (κ2) is 5.66. The van der Waals surface area contributed by atoms with Crippen molar-refractivity contribution in [3.8, 4) is 0 Å². The van der Waals surface area contributed by atoms with Gasteiger partial charge in [-0.15, -0.1) is 11.3 Å². The maximum Gasteiger partial charge on any atom is 0.324 e. The molecule has 1 aromatic heterocycles. The van der Waals surface area contributed by atoms with Crippen LogP contribution in [-0.2, 0) is 21.1 Å². The number of hydrogen-bond acceptors (Lipinski definition) is 5. The molecule has 2 rings (SSSR count). The van der Waals surface area contributed by atoms with E-state index in [2.05, 4.69) is 20.9 Å². The Morgan fingerprint density at radius 1 is 1.48 bits per heavy atom. The molecule has 0 saturated heterocycles. The van der Waals surface area contributed by atoms with Crippen LogP contribution in [0, 0.1) is 0 Å². The fourth-order valence-electron chi connectivity index (χ4n) is 1.85. The molecule has 1 heterocycles. The smallest absolute Gasteiger partial charge is 0.324 e. The molecule has 8 heteroatoms. The van der Waals surface area contributed by atoms with E-state index in [1.807, 2.05) is 18.2 Å². The molecule has 0 spiro atoms. The second-order valence-electron chi connectivity index (χ2n) is 5.03. The average Bonchev–Trinajstić information content (AvgIpc) is 2.76. The molecule has 0 aliphatic carbocycles. The first-order chi connectivity index (χ1) is 9.63. The highest BCUT2D eigenvalue weighted by Gasteiger charge is 2.43. The Bertz CT molecular complexity index is 800. The van der Waals surface area contributed by atoms with Gasteiger partial charge < -0.3 is 5.11 Å². The Morgan fingerprint density at radius 3 is 2.71 bits per heavy atom. The van der Waals surface area contributed by atoms with Crippen LogP contribution in [0.3, 0.4) is 0 Å². The Kier molecular flexibility index (Phi) is 4.41. The molecule has 0 aliphatic rings. The predicted octanol–water partition coefficient (Wildman–Crippen LogP) is 2.88. The van der Waals surface area contributed by atoms with Crippen LogP contribution < -0.4 is 0 Å². The number of carboxylic acids is 1.